The van der Waals surface area contributed by atoms with Crippen LogP contribution in [0.1, 0.15) is 37.7 Å². The maximum atomic E-state index is 12.2. The van der Waals surface area contributed by atoms with Crippen LogP contribution in [0.15, 0.2) is 24.3 Å². The minimum atomic E-state index is -0.495. The fourth-order valence-electron chi connectivity index (χ4n) is 3.55. The molecular formula is C19H27ClN2O2. The van der Waals surface area contributed by atoms with Crippen LogP contribution in [0.2, 0.25) is 5.02 Å². The van der Waals surface area contributed by atoms with E-state index in [-0.39, 0.29) is 17.7 Å². The first-order valence-corrected chi connectivity index (χ1v) is 9.34. The summed E-state index contributed by atoms with van der Waals surface area (Å²) in [6.45, 7) is 5.36. The van der Waals surface area contributed by atoms with Crippen molar-refractivity contribution in [2.24, 2.45) is 11.8 Å². The monoisotopic (exact) mass is 350 g/mol. The minimum absolute atomic E-state index is 0.0199. The standard InChI is InChI=1S/C19H27ClN2O2/c1-13-5-7-22(8-6-13)12-16(23)11-21-19(24)18-10-17(18)14-3-2-4-15(20)9-14/h2-4,9,13,16-18,23H,5-8,10-12H2,1H3,(H,21,24)/t16-,17+,18+/m1/s1. The van der Waals surface area contributed by atoms with E-state index in [1.807, 2.05) is 24.3 Å². The lowest BCUT2D eigenvalue weighted by Crippen LogP contribution is -2.43. The van der Waals surface area contributed by atoms with Crippen molar-refractivity contribution in [1.82, 2.24) is 10.2 Å². The number of carbonyl (C=O) groups is 1. The number of aliphatic hydroxyl groups is 1. The largest absolute Gasteiger partial charge is 0.390 e. The number of piperidine rings is 1. The molecule has 1 aromatic carbocycles. The maximum absolute atomic E-state index is 12.2. The molecule has 132 valence electrons. The van der Waals surface area contributed by atoms with Gasteiger partial charge in [-0.05, 0) is 61.9 Å². The first-order valence-electron chi connectivity index (χ1n) is 8.96. The summed E-state index contributed by atoms with van der Waals surface area (Å²) in [6, 6.07) is 7.73. The predicted molar refractivity (Wildman–Crippen MR) is 96.2 cm³/mol. The van der Waals surface area contributed by atoms with Gasteiger partial charge in [0.2, 0.25) is 5.91 Å². The van der Waals surface area contributed by atoms with Crippen LogP contribution < -0.4 is 5.32 Å². The van der Waals surface area contributed by atoms with Crippen molar-refractivity contribution in [2.75, 3.05) is 26.2 Å². The molecule has 1 saturated carbocycles. The Bertz CT molecular complexity index is 572. The molecule has 1 heterocycles. The molecule has 5 heteroatoms. The van der Waals surface area contributed by atoms with E-state index in [4.69, 9.17) is 11.6 Å². The van der Waals surface area contributed by atoms with E-state index >= 15 is 0 Å². The number of halogens is 1. The molecular weight excluding hydrogens is 324 g/mol. The number of β-amino-alcohol motifs (C(OH)–C–C–N with tert-alkyl or cyclic N) is 1. The summed E-state index contributed by atoms with van der Waals surface area (Å²) >= 11 is 6.01. The Kier molecular flexibility index (Phi) is 5.80. The van der Waals surface area contributed by atoms with Crippen molar-refractivity contribution >= 4 is 17.5 Å². The van der Waals surface area contributed by atoms with Gasteiger partial charge in [-0.15, -0.1) is 0 Å². The summed E-state index contributed by atoms with van der Waals surface area (Å²) < 4.78 is 0. The highest BCUT2D eigenvalue weighted by Gasteiger charge is 2.43. The normalized spacial score (nSPS) is 26.1. The second-order valence-electron chi connectivity index (χ2n) is 7.39. The molecule has 4 nitrogen and oxygen atoms in total. The zero-order valence-electron chi connectivity index (χ0n) is 14.2. The summed E-state index contributed by atoms with van der Waals surface area (Å²) in [5, 5.41) is 13.8. The average molecular weight is 351 g/mol. The minimum Gasteiger partial charge on any atom is -0.390 e. The summed E-state index contributed by atoms with van der Waals surface area (Å²) in [5.41, 5.74) is 1.13. The molecule has 2 fully saturated rings. The molecule has 2 N–H and O–H groups in total. The molecule has 1 amide bonds. The molecule has 3 rings (SSSR count). The third-order valence-corrected chi connectivity index (χ3v) is 5.50. The van der Waals surface area contributed by atoms with Gasteiger partial charge in [0, 0.05) is 24.0 Å². The molecule has 1 aliphatic heterocycles. The van der Waals surface area contributed by atoms with Gasteiger partial charge in [-0.3, -0.25) is 4.79 Å². The number of benzene rings is 1. The highest BCUT2D eigenvalue weighted by molar-refractivity contribution is 6.30. The molecule has 1 saturated heterocycles. The number of likely N-dealkylation sites (tertiary alicyclic amines) is 1. The Hall–Kier alpha value is -1.10. The number of nitrogens with zero attached hydrogens (tertiary/aromatic N) is 1. The highest BCUT2D eigenvalue weighted by atomic mass is 35.5. The van der Waals surface area contributed by atoms with E-state index < -0.39 is 6.10 Å². The van der Waals surface area contributed by atoms with Crippen LogP contribution in [0.4, 0.5) is 0 Å². The second-order valence-corrected chi connectivity index (χ2v) is 7.82. The SMILES string of the molecule is CC1CCN(C[C@H](O)CNC(=O)[C@H]2C[C@H]2c2cccc(Cl)c2)CC1. The number of nitrogens with one attached hydrogen (secondary N) is 1. The molecule has 1 aromatic rings. The van der Waals surface area contributed by atoms with Gasteiger partial charge in [-0.2, -0.15) is 0 Å². The zero-order chi connectivity index (χ0) is 17.1. The number of carbonyl (C=O) groups excluding carboxylic acids is 1. The van der Waals surface area contributed by atoms with Gasteiger partial charge in [0.25, 0.3) is 0 Å². The van der Waals surface area contributed by atoms with E-state index in [1.54, 1.807) is 0 Å². The number of hydrogen-bond acceptors (Lipinski definition) is 3. The maximum Gasteiger partial charge on any atom is 0.223 e. The Balaban J connectivity index is 1.38. The molecule has 24 heavy (non-hydrogen) atoms. The predicted octanol–water partition coefficient (Wildman–Crippen LogP) is 2.65. The fourth-order valence-corrected chi connectivity index (χ4v) is 3.75. The van der Waals surface area contributed by atoms with Crippen LogP contribution in [-0.2, 0) is 4.79 Å². The van der Waals surface area contributed by atoms with E-state index in [9.17, 15) is 9.90 Å². The molecule has 0 aromatic heterocycles. The van der Waals surface area contributed by atoms with Gasteiger partial charge in [0.05, 0.1) is 6.10 Å². The van der Waals surface area contributed by atoms with Crippen LogP contribution in [0, 0.1) is 11.8 Å². The van der Waals surface area contributed by atoms with Gasteiger partial charge in [-0.1, -0.05) is 30.7 Å². The van der Waals surface area contributed by atoms with Gasteiger partial charge < -0.3 is 15.3 Å². The van der Waals surface area contributed by atoms with Crippen LogP contribution >= 0.6 is 11.6 Å². The molecule has 0 radical (unpaired) electrons. The Morgan fingerprint density at radius 1 is 1.42 bits per heavy atom. The van der Waals surface area contributed by atoms with Crippen molar-refractivity contribution in [3.63, 3.8) is 0 Å². The molecule has 0 unspecified atom stereocenters. The number of hydrogen-bond donors (Lipinski definition) is 2. The lowest BCUT2D eigenvalue weighted by atomic mass is 9.99. The smallest absolute Gasteiger partial charge is 0.223 e. The Labute approximate surface area is 149 Å². The van der Waals surface area contributed by atoms with Crippen LogP contribution in [0.3, 0.4) is 0 Å². The van der Waals surface area contributed by atoms with Gasteiger partial charge in [0.15, 0.2) is 0 Å². The van der Waals surface area contributed by atoms with Gasteiger partial charge in [0.1, 0.15) is 0 Å². The molecule has 1 aliphatic carbocycles. The van der Waals surface area contributed by atoms with Crippen molar-refractivity contribution < 1.29 is 9.90 Å². The lowest BCUT2D eigenvalue weighted by molar-refractivity contribution is -0.122. The van der Waals surface area contributed by atoms with E-state index in [1.165, 1.54) is 12.8 Å². The van der Waals surface area contributed by atoms with Crippen LogP contribution in [0.5, 0.6) is 0 Å². The lowest BCUT2D eigenvalue weighted by Gasteiger charge is -2.31. The summed E-state index contributed by atoms with van der Waals surface area (Å²) in [5.74, 6) is 1.12. The van der Waals surface area contributed by atoms with E-state index in [2.05, 4.69) is 17.1 Å². The molecule has 0 bridgehead atoms. The summed E-state index contributed by atoms with van der Waals surface area (Å²) in [7, 11) is 0. The first-order chi connectivity index (χ1) is 11.5. The quantitative estimate of drug-likeness (QED) is 0.829. The molecule has 3 atom stereocenters. The van der Waals surface area contributed by atoms with E-state index in [0.29, 0.717) is 18.1 Å². The zero-order valence-corrected chi connectivity index (χ0v) is 15.0. The van der Waals surface area contributed by atoms with Crippen LogP contribution in [-0.4, -0.2) is 48.2 Å². The number of amides is 1. The van der Waals surface area contributed by atoms with E-state index in [0.717, 1.165) is 31.0 Å². The average Bonchev–Trinajstić information content (AvgIpc) is 3.36. The van der Waals surface area contributed by atoms with Crippen molar-refractivity contribution in [3.8, 4) is 0 Å². The summed E-state index contributed by atoms with van der Waals surface area (Å²) in [6.07, 6.45) is 2.77. The van der Waals surface area contributed by atoms with Gasteiger partial charge >= 0.3 is 0 Å². The third-order valence-electron chi connectivity index (χ3n) is 5.26. The Morgan fingerprint density at radius 3 is 2.88 bits per heavy atom. The molecule has 0 spiro atoms. The first kappa shape index (κ1) is 17.7. The third kappa shape index (κ3) is 4.71. The van der Waals surface area contributed by atoms with Crippen molar-refractivity contribution in [1.29, 1.82) is 0 Å². The Morgan fingerprint density at radius 2 is 2.17 bits per heavy atom. The highest BCUT2D eigenvalue weighted by Crippen LogP contribution is 2.47. The van der Waals surface area contributed by atoms with Crippen LogP contribution in [0.25, 0.3) is 0 Å². The topological polar surface area (TPSA) is 52.6 Å². The fraction of sp³-hybridized carbons (Fsp3) is 0.632. The van der Waals surface area contributed by atoms with Crippen molar-refractivity contribution in [3.05, 3.63) is 34.9 Å². The summed E-state index contributed by atoms with van der Waals surface area (Å²) in [4.78, 5) is 14.5. The number of rotatable bonds is 6. The second kappa shape index (κ2) is 7.85. The van der Waals surface area contributed by atoms with Gasteiger partial charge in [-0.25, -0.2) is 0 Å². The number of aliphatic hydroxyl groups excluding tert-OH is 1. The molecule has 2 aliphatic rings. The van der Waals surface area contributed by atoms with Crippen molar-refractivity contribution in [2.45, 2.75) is 38.2 Å².